The first-order chi connectivity index (χ1) is 7.79. The number of hydrogen-bond acceptors (Lipinski definition) is 4. The van der Waals surface area contributed by atoms with E-state index in [2.05, 4.69) is 16.8 Å². The highest BCUT2D eigenvalue weighted by molar-refractivity contribution is 5.14. The molecule has 1 aromatic rings. The average molecular weight is 222 g/mol. The second-order valence-electron chi connectivity index (χ2n) is 4.11. The minimum absolute atomic E-state index is 0.117. The van der Waals surface area contributed by atoms with Crippen LogP contribution in [0, 0.1) is 0 Å². The van der Waals surface area contributed by atoms with Crippen LogP contribution >= 0.6 is 0 Å². The molecule has 0 unspecified atom stereocenters. The molecule has 0 aliphatic carbocycles. The highest BCUT2D eigenvalue weighted by Gasteiger charge is 2.24. The SMILES string of the molecule is C[C@@H]([C@@H](O)c1ccncc1)N1CCOCC1. The van der Waals surface area contributed by atoms with Crippen LogP contribution in [-0.2, 0) is 4.74 Å². The maximum Gasteiger partial charge on any atom is 0.0943 e. The molecule has 1 N–H and O–H groups in total. The molecule has 88 valence electrons. The molecule has 1 aliphatic heterocycles. The van der Waals surface area contributed by atoms with Crippen molar-refractivity contribution in [3.63, 3.8) is 0 Å². The first-order valence-corrected chi connectivity index (χ1v) is 5.69. The molecule has 1 fully saturated rings. The lowest BCUT2D eigenvalue weighted by atomic mass is 10.0. The summed E-state index contributed by atoms with van der Waals surface area (Å²) >= 11 is 0. The minimum Gasteiger partial charge on any atom is -0.387 e. The summed E-state index contributed by atoms with van der Waals surface area (Å²) in [7, 11) is 0. The zero-order valence-corrected chi connectivity index (χ0v) is 9.54. The molecular weight excluding hydrogens is 204 g/mol. The van der Waals surface area contributed by atoms with Gasteiger partial charge in [0.1, 0.15) is 0 Å². The Bertz CT molecular complexity index is 312. The standard InChI is InChI=1S/C12H18N2O2/c1-10(14-6-8-16-9-7-14)12(15)11-2-4-13-5-3-11/h2-5,10,12,15H,6-9H2,1H3/t10-,12+/m0/s1. The van der Waals surface area contributed by atoms with Crippen LogP contribution in [-0.4, -0.2) is 47.3 Å². The van der Waals surface area contributed by atoms with E-state index in [0.29, 0.717) is 0 Å². The van der Waals surface area contributed by atoms with E-state index in [1.807, 2.05) is 12.1 Å². The Morgan fingerprint density at radius 1 is 1.31 bits per heavy atom. The Kier molecular flexibility index (Phi) is 3.88. The normalized spacial score (nSPS) is 21.6. The second kappa shape index (κ2) is 5.39. The quantitative estimate of drug-likeness (QED) is 0.823. The van der Waals surface area contributed by atoms with Crippen LogP contribution in [0.5, 0.6) is 0 Å². The third-order valence-corrected chi connectivity index (χ3v) is 3.13. The van der Waals surface area contributed by atoms with E-state index < -0.39 is 6.10 Å². The lowest BCUT2D eigenvalue weighted by Crippen LogP contribution is -2.44. The van der Waals surface area contributed by atoms with E-state index in [1.165, 1.54) is 0 Å². The van der Waals surface area contributed by atoms with E-state index in [0.717, 1.165) is 31.9 Å². The summed E-state index contributed by atoms with van der Waals surface area (Å²) in [4.78, 5) is 6.21. The molecule has 0 spiro atoms. The summed E-state index contributed by atoms with van der Waals surface area (Å²) in [5, 5.41) is 10.2. The predicted octanol–water partition coefficient (Wildman–Crippen LogP) is 0.836. The lowest BCUT2D eigenvalue weighted by Gasteiger charge is -2.34. The van der Waals surface area contributed by atoms with Gasteiger partial charge in [0.2, 0.25) is 0 Å². The fourth-order valence-corrected chi connectivity index (χ4v) is 2.02. The summed E-state index contributed by atoms with van der Waals surface area (Å²) in [5.41, 5.74) is 0.925. The van der Waals surface area contributed by atoms with E-state index in [4.69, 9.17) is 4.74 Å². The maximum absolute atomic E-state index is 10.2. The van der Waals surface area contributed by atoms with Crippen LogP contribution in [0.2, 0.25) is 0 Å². The lowest BCUT2D eigenvalue weighted by molar-refractivity contribution is -0.0166. The van der Waals surface area contributed by atoms with Crippen molar-refractivity contribution >= 4 is 0 Å². The van der Waals surface area contributed by atoms with Crippen molar-refractivity contribution in [3.8, 4) is 0 Å². The molecule has 0 amide bonds. The van der Waals surface area contributed by atoms with Gasteiger partial charge in [0.25, 0.3) is 0 Å². The Hall–Kier alpha value is -0.970. The van der Waals surface area contributed by atoms with Crippen molar-refractivity contribution in [1.82, 2.24) is 9.88 Å². The predicted molar refractivity (Wildman–Crippen MR) is 61.1 cm³/mol. The first kappa shape index (κ1) is 11.5. The molecule has 1 aliphatic rings. The van der Waals surface area contributed by atoms with Gasteiger partial charge in [-0.2, -0.15) is 0 Å². The van der Waals surface area contributed by atoms with Crippen molar-refractivity contribution in [2.75, 3.05) is 26.3 Å². The van der Waals surface area contributed by atoms with Crippen LogP contribution in [0.15, 0.2) is 24.5 Å². The van der Waals surface area contributed by atoms with Gasteiger partial charge in [0.05, 0.1) is 19.3 Å². The number of ether oxygens (including phenoxy) is 1. The molecule has 2 heterocycles. The number of aliphatic hydroxyl groups excluding tert-OH is 1. The van der Waals surface area contributed by atoms with Crippen LogP contribution in [0.4, 0.5) is 0 Å². The van der Waals surface area contributed by atoms with Gasteiger partial charge < -0.3 is 9.84 Å². The van der Waals surface area contributed by atoms with Gasteiger partial charge in [-0.05, 0) is 24.6 Å². The molecule has 2 rings (SSSR count). The minimum atomic E-state index is -0.457. The first-order valence-electron chi connectivity index (χ1n) is 5.69. The number of aromatic nitrogens is 1. The zero-order valence-electron chi connectivity index (χ0n) is 9.54. The fourth-order valence-electron chi connectivity index (χ4n) is 2.02. The molecule has 16 heavy (non-hydrogen) atoms. The monoisotopic (exact) mass is 222 g/mol. The van der Waals surface area contributed by atoms with E-state index in [9.17, 15) is 5.11 Å². The zero-order chi connectivity index (χ0) is 11.4. The number of hydrogen-bond donors (Lipinski definition) is 1. The molecule has 0 aromatic carbocycles. The van der Waals surface area contributed by atoms with Crippen LogP contribution < -0.4 is 0 Å². The van der Waals surface area contributed by atoms with Gasteiger partial charge in [-0.15, -0.1) is 0 Å². The summed E-state index contributed by atoms with van der Waals surface area (Å²) in [6, 6.07) is 3.84. The molecular formula is C12H18N2O2. The van der Waals surface area contributed by atoms with Crippen LogP contribution in [0.25, 0.3) is 0 Å². The number of morpholine rings is 1. The molecule has 1 aromatic heterocycles. The van der Waals surface area contributed by atoms with Gasteiger partial charge in [0.15, 0.2) is 0 Å². The molecule has 4 heteroatoms. The average Bonchev–Trinajstić information content (AvgIpc) is 2.39. The van der Waals surface area contributed by atoms with Crippen molar-refractivity contribution in [2.45, 2.75) is 19.1 Å². The van der Waals surface area contributed by atoms with E-state index >= 15 is 0 Å². The largest absolute Gasteiger partial charge is 0.387 e. The Labute approximate surface area is 95.9 Å². The Balaban J connectivity index is 2.00. The van der Waals surface area contributed by atoms with Crippen LogP contribution in [0.1, 0.15) is 18.6 Å². The summed E-state index contributed by atoms with van der Waals surface area (Å²) < 4.78 is 5.30. The maximum atomic E-state index is 10.2. The summed E-state index contributed by atoms with van der Waals surface area (Å²) in [5.74, 6) is 0. The topological polar surface area (TPSA) is 45.6 Å². The van der Waals surface area contributed by atoms with E-state index in [1.54, 1.807) is 12.4 Å². The Morgan fingerprint density at radius 3 is 2.56 bits per heavy atom. The smallest absolute Gasteiger partial charge is 0.0943 e. The van der Waals surface area contributed by atoms with E-state index in [-0.39, 0.29) is 6.04 Å². The molecule has 2 atom stereocenters. The molecule has 0 radical (unpaired) electrons. The molecule has 4 nitrogen and oxygen atoms in total. The van der Waals surface area contributed by atoms with Gasteiger partial charge in [-0.25, -0.2) is 0 Å². The van der Waals surface area contributed by atoms with Gasteiger partial charge in [-0.3, -0.25) is 9.88 Å². The highest BCUT2D eigenvalue weighted by Crippen LogP contribution is 2.20. The number of pyridine rings is 1. The fraction of sp³-hybridized carbons (Fsp3) is 0.583. The van der Waals surface area contributed by atoms with Crippen molar-refractivity contribution in [2.24, 2.45) is 0 Å². The summed E-state index contributed by atoms with van der Waals surface area (Å²) in [6.45, 7) is 5.35. The van der Waals surface area contributed by atoms with Crippen molar-refractivity contribution in [1.29, 1.82) is 0 Å². The van der Waals surface area contributed by atoms with Crippen molar-refractivity contribution in [3.05, 3.63) is 30.1 Å². The van der Waals surface area contributed by atoms with Gasteiger partial charge in [-0.1, -0.05) is 0 Å². The third-order valence-electron chi connectivity index (χ3n) is 3.13. The molecule has 0 bridgehead atoms. The van der Waals surface area contributed by atoms with Crippen molar-refractivity contribution < 1.29 is 9.84 Å². The number of aliphatic hydroxyl groups is 1. The molecule has 0 saturated carbocycles. The Morgan fingerprint density at radius 2 is 1.94 bits per heavy atom. The molecule has 1 saturated heterocycles. The summed E-state index contributed by atoms with van der Waals surface area (Å²) in [6.07, 6.45) is 2.97. The van der Waals surface area contributed by atoms with Gasteiger partial charge in [0, 0.05) is 31.5 Å². The number of nitrogens with zero attached hydrogens (tertiary/aromatic N) is 2. The van der Waals surface area contributed by atoms with Gasteiger partial charge >= 0.3 is 0 Å². The third kappa shape index (κ3) is 2.58. The van der Waals surface area contributed by atoms with Crippen LogP contribution in [0.3, 0.4) is 0 Å². The number of rotatable bonds is 3. The highest BCUT2D eigenvalue weighted by atomic mass is 16.5. The second-order valence-corrected chi connectivity index (χ2v) is 4.11.